The van der Waals surface area contributed by atoms with E-state index in [9.17, 15) is 9.59 Å². The van der Waals surface area contributed by atoms with E-state index in [1.54, 1.807) is 18.2 Å². The minimum Gasteiger partial charge on any atom is -0.466 e. The number of hydrogen-bond donors (Lipinski definition) is 0. The molecule has 0 aliphatic rings. The first-order valence-electron chi connectivity index (χ1n) is 6.63. The van der Waals surface area contributed by atoms with E-state index >= 15 is 0 Å². The zero-order valence-corrected chi connectivity index (χ0v) is 12.8. The molecule has 0 saturated heterocycles. The Hall–Kier alpha value is -2.36. The van der Waals surface area contributed by atoms with Crippen LogP contribution in [0.15, 0.2) is 35.9 Å². The first-order valence-corrected chi connectivity index (χ1v) is 6.63. The summed E-state index contributed by atoms with van der Waals surface area (Å²) in [6.45, 7) is 5.38. The van der Waals surface area contributed by atoms with Gasteiger partial charge in [0, 0.05) is 13.0 Å². The second-order valence-electron chi connectivity index (χ2n) is 4.80. The van der Waals surface area contributed by atoms with Gasteiger partial charge in [-0.1, -0.05) is 17.7 Å². The lowest BCUT2D eigenvalue weighted by atomic mass is 10.0. The maximum Gasteiger partial charge on any atom is 0.330 e. The number of methoxy groups -OCH3 is 1. The Morgan fingerprint density at radius 1 is 1.19 bits per heavy atom. The van der Waals surface area contributed by atoms with Crippen LogP contribution in [0.2, 0.25) is 0 Å². The van der Waals surface area contributed by atoms with Crippen LogP contribution in [0.1, 0.15) is 31.9 Å². The molecule has 1 aromatic rings. The molecule has 0 N–H and O–H groups in total. The van der Waals surface area contributed by atoms with Crippen molar-refractivity contribution in [1.82, 2.24) is 0 Å². The lowest BCUT2D eigenvalue weighted by molar-refractivity contribution is -0.135. The first kappa shape index (κ1) is 16.7. The SMILES string of the molecule is COC(=O)/C=C/c1ccc(OC(C)=O)c(CC=C(C)C)c1. The Morgan fingerprint density at radius 3 is 2.48 bits per heavy atom. The summed E-state index contributed by atoms with van der Waals surface area (Å²) in [5.41, 5.74) is 2.91. The summed E-state index contributed by atoms with van der Waals surface area (Å²) in [6, 6.07) is 5.40. The molecule has 0 aliphatic heterocycles. The molecule has 0 unspecified atom stereocenters. The van der Waals surface area contributed by atoms with Gasteiger partial charge in [0.25, 0.3) is 0 Å². The molecular weight excluding hydrogens is 268 g/mol. The molecule has 21 heavy (non-hydrogen) atoms. The third-order valence-corrected chi connectivity index (χ3v) is 2.68. The van der Waals surface area contributed by atoms with Crippen LogP contribution in [-0.2, 0) is 20.7 Å². The summed E-state index contributed by atoms with van der Waals surface area (Å²) in [4.78, 5) is 22.2. The van der Waals surface area contributed by atoms with E-state index in [2.05, 4.69) is 10.8 Å². The Balaban J connectivity index is 3.07. The van der Waals surface area contributed by atoms with Gasteiger partial charge in [-0.3, -0.25) is 4.79 Å². The molecule has 1 aromatic carbocycles. The van der Waals surface area contributed by atoms with Gasteiger partial charge in [-0.2, -0.15) is 0 Å². The van der Waals surface area contributed by atoms with E-state index in [4.69, 9.17) is 4.74 Å². The number of ether oxygens (including phenoxy) is 2. The Morgan fingerprint density at radius 2 is 1.90 bits per heavy atom. The Labute approximate surface area is 125 Å². The molecule has 0 atom stereocenters. The Bertz CT molecular complexity index is 578. The molecule has 0 aromatic heterocycles. The summed E-state index contributed by atoms with van der Waals surface area (Å²) < 4.78 is 9.75. The van der Waals surface area contributed by atoms with Crippen molar-refractivity contribution in [2.24, 2.45) is 0 Å². The fraction of sp³-hybridized carbons (Fsp3) is 0.294. The van der Waals surface area contributed by atoms with Crippen molar-refractivity contribution >= 4 is 18.0 Å². The molecule has 1 rings (SSSR count). The largest absolute Gasteiger partial charge is 0.466 e. The molecule has 0 spiro atoms. The lowest BCUT2D eigenvalue weighted by Gasteiger charge is -2.09. The molecule has 0 saturated carbocycles. The first-order chi connectivity index (χ1) is 9.92. The number of allylic oxidation sites excluding steroid dienone is 2. The highest BCUT2D eigenvalue weighted by Crippen LogP contribution is 2.22. The highest BCUT2D eigenvalue weighted by molar-refractivity contribution is 5.87. The summed E-state index contributed by atoms with van der Waals surface area (Å²) in [7, 11) is 1.33. The molecule has 0 bridgehead atoms. The number of benzene rings is 1. The number of hydrogen-bond acceptors (Lipinski definition) is 4. The highest BCUT2D eigenvalue weighted by Gasteiger charge is 2.06. The summed E-state index contributed by atoms with van der Waals surface area (Å²) in [5.74, 6) is -0.230. The molecular formula is C17H20O4. The van der Waals surface area contributed by atoms with Crippen LogP contribution in [0.4, 0.5) is 0 Å². The minimum atomic E-state index is -0.412. The van der Waals surface area contributed by atoms with Gasteiger partial charge in [0.1, 0.15) is 5.75 Å². The van der Waals surface area contributed by atoms with E-state index in [1.807, 2.05) is 19.9 Å². The predicted molar refractivity (Wildman–Crippen MR) is 81.9 cm³/mol. The second kappa shape index (κ2) is 8.04. The monoisotopic (exact) mass is 288 g/mol. The van der Waals surface area contributed by atoms with Crippen LogP contribution < -0.4 is 4.74 Å². The lowest BCUT2D eigenvalue weighted by Crippen LogP contribution is -2.04. The number of rotatable bonds is 5. The number of carbonyl (C=O) groups is 2. The maximum atomic E-state index is 11.1. The summed E-state index contributed by atoms with van der Waals surface area (Å²) in [5, 5.41) is 0. The van der Waals surface area contributed by atoms with Crippen molar-refractivity contribution in [3.8, 4) is 5.75 Å². The van der Waals surface area contributed by atoms with Crippen LogP contribution >= 0.6 is 0 Å². The van der Waals surface area contributed by atoms with Crippen LogP contribution in [0.3, 0.4) is 0 Å². The number of esters is 2. The van der Waals surface area contributed by atoms with Gasteiger partial charge in [-0.15, -0.1) is 0 Å². The fourth-order valence-corrected chi connectivity index (χ4v) is 1.66. The van der Waals surface area contributed by atoms with Crippen LogP contribution in [-0.4, -0.2) is 19.0 Å². The van der Waals surface area contributed by atoms with Crippen molar-refractivity contribution in [2.45, 2.75) is 27.2 Å². The van der Waals surface area contributed by atoms with Gasteiger partial charge < -0.3 is 9.47 Å². The van der Waals surface area contributed by atoms with Crippen molar-refractivity contribution in [3.05, 3.63) is 47.1 Å². The van der Waals surface area contributed by atoms with Gasteiger partial charge in [0.05, 0.1) is 7.11 Å². The van der Waals surface area contributed by atoms with Crippen molar-refractivity contribution in [1.29, 1.82) is 0 Å². The van der Waals surface area contributed by atoms with E-state index in [-0.39, 0.29) is 5.97 Å². The molecule has 4 heteroatoms. The molecule has 0 fully saturated rings. The van der Waals surface area contributed by atoms with Gasteiger partial charge in [-0.05, 0) is 49.6 Å². The van der Waals surface area contributed by atoms with E-state index in [1.165, 1.54) is 25.7 Å². The number of carbonyl (C=O) groups excluding carboxylic acids is 2. The van der Waals surface area contributed by atoms with Crippen molar-refractivity contribution < 1.29 is 19.1 Å². The third kappa shape index (κ3) is 6.08. The highest BCUT2D eigenvalue weighted by atomic mass is 16.5. The summed E-state index contributed by atoms with van der Waals surface area (Å²) in [6.07, 6.45) is 5.72. The van der Waals surface area contributed by atoms with Gasteiger partial charge in [-0.25, -0.2) is 4.79 Å². The molecule has 0 amide bonds. The Kier molecular flexibility index (Phi) is 6.40. The average molecular weight is 288 g/mol. The van der Waals surface area contributed by atoms with Gasteiger partial charge in [0.2, 0.25) is 0 Å². The van der Waals surface area contributed by atoms with Crippen molar-refractivity contribution in [2.75, 3.05) is 7.11 Å². The average Bonchev–Trinajstić information content (AvgIpc) is 2.43. The van der Waals surface area contributed by atoms with Crippen LogP contribution in [0.5, 0.6) is 5.75 Å². The molecule has 0 aliphatic carbocycles. The van der Waals surface area contributed by atoms with E-state index in [0.717, 1.165) is 11.1 Å². The van der Waals surface area contributed by atoms with Crippen LogP contribution in [0, 0.1) is 0 Å². The van der Waals surface area contributed by atoms with Gasteiger partial charge >= 0.3 is 11.9 Å². The zero-order chi connectivity index (χ0) is 15.8. The maximum absolute atomic E-state index is 11.1. The molecule has 0 radical (unpaired) electrons. The smallest absolute Gasteiger partial charge is 0.330 e. The molecule has 4 nitrogen and oxygen atoms in total. The second-order valence-corrected chi connectivity index (χ2v) is 4.80. The predicted octanol–water partition coefficient (Wildman–Crippen LogP) is 3.31. The molecule has 0 heterocycles. The van der Waals surface area contributed by atoms with Crippen LogP contribution in [0.25, 0.3) is 6.08 Å². The topological polar surface area (TPSA) is 52.6 Å². The van der Waals surface area contributed by atoms with Crippen molar-refractivity contribution in [3.63, 3.8) is 0 Å². The summed E-state index contributed by atoms with van der Waals surface area (Å²) >= 11 is 0. The normalized spacial score (nSPS) is 10.3. The van der Waals surface area contributed by atoms with Gasteiger partial charge in [0.15, 0.2) is 0 Å². The quantitative estimate of drug-likeness (QED) is 0.361. The molecule has 112 valence electrons. The third-order valence-electron chi connectivity index (χ3n) is 2.68. The standard InChI is InChI=1S/C17H20O4/c1-12(2)5-8-15-11-14(7-10-17(19)20-4)6-9-16(15)21-13(3)18/h5-7,9-11H,8H2,1-4H3/b10-7+. The minimum absolute atomic E-state index is 0.355. The van der Waals surface area contributed by atoms with E-state index in [0.29, 0.717) is 12.2 Å². The zero-order valence-electron chi connectivity index (χ0n) is 12.8. The van der Waals surface area contributed by atoms with E-state index < -0.39 is 5.97 Å². The fourth-order valence-electron chi connectivity index (χ4n) is 1.66.